The van der Waals surface area contributed by atoms with Gasteiger partial charge in [0.2, 0.25) is 0 Å². The van der Waals surface area contributed by atoms with E-state index in [1.54, 1.807) is 0 Å². The quantitative estimate of drug-likeness (QED) is 0.805. The van der Waals surface area contributed by atoms with Crippen LogP contribution >= 0.6 is 0 Å². The van der Waals surface area contributed by atoms with Crippen LogP contribution in [0, 0.1) is 0 Å². The predicted octanol–water partition coefficient (Wildman–Crippen LogP) is 3.57. The number of rotatable bonds is 6. The third kappa shape index (κ3) is 3.75. The van der Waals surface area contributed by atoms with Crippen molar-refractivity contribution in [3.8, 4) is 0 Å². The van der Waals surface area contributed by atoms with Crippen molar-refractivity contribution in [2.45, 2.75) is 17.1 Å². The second-order valence-electron chi connectivity index (χ2n) is 4.17. The molecule has 2 nitrogen and oxygen atoms in total. The minimum atomic E-state index is -1.10. The van der Waals surface area contributed by atoms with Gasteiger partial charge in [-0.2, -0.15) is 0 Å². The summed E-state index contributed by atoms with van der Waals surface area (Å²) in [5.41, 5.74) is 1.05. The lowest BCUT2D eigenvalue weighted by Crippen LogP contribution is -2.14. The zero-order valence-corrected chi connectivity index (χ0v) is 11.8. The smallest absolute Gasteiger partial charge is 0.0877 e. The van der Waals surface area contributed by atoms with E-state index >= 15 is 0 Å². The molecular formula is C16H18O2S. The molecule has 0 radical (unpaired) electrons. The molecule has 0 bridgehead atoms. The Labute approximate surface area is 116 Å². The average Bonchev–Trinajstić information content (AvgIpc) is 2.49. The molecule has 3 heteroatoms. The van der Waals surface area contributed by atoms with Crippen molar-refractivity contribution in [3.05, 3.63) is 66.2 Å². The van der Waals surface area contributed by atoms with Crippen molar-refractivity contribution >= 4 is 10.8 Å². The Hall–Kier alpha value is -1.45. The van der Waals surface area contributed by atoms with Crippen molar-refractivity contribution in [2.24, 2.45) is 0 Å². The normalized spacial score (nSPS) is 13.9. The van der Waals surface area contributed by atoms with Crippen LogP contribution in [0.4, 0.5) is 0 Å². The van der Waals surface area contributed by atoms with Crippen molar-refractivity contribution < 1.29 is 8.95 Å². The van der Waals surface area contributed by atoms with E-state index in [1.165, 1.54) is 0 Å². The van der Waals surface area contributed by atoms with Gasteiger partial charge in [-0.15, -0.1) is 0 Å². The second-order valence-corrected chi connectivity index (χ2v) is 5.80. The van der Waals surface area contributed by atoms with E-state index in [0.717, 1.165) is 10.5 Å². The van der Waals surface area contributed by atoms with Crippen LogP contribution in [0.1, 0.15) is 17.7 Å². The zero-order chi connectivity index (χ0) is 13.5. The number of hydrogen-bond acceptors (Lipinski definition) is 2. The molecule has 19 heavy (non-hydrogen) atoms. The maximum atomic E-state index is 12.7. The molecule has 0 N–H and O–H groups in total. The van der Waals surface area contributed by atoms with Gasteiger partial charge < -0.3 is 4.74 Å². The lowest BCUT2D eigenvalue weighted by molar-refractivity contribution is 0.148. The van der Waals surface area contributed by atoms with Crippen LogP contribution in [0.3, 0.4) is 0 Å². The first-order valence-electron chi connectivity index (χ1n) is 6.41. The van der Waals surface area contributed by atoms with Gasteiger partial charge in [-0.05, 0) is 24.6 Å². The van der Waals surface area contributed by atoms with Crippen LogP contribution in [-0.4, -0.2) is 17.4 Å². The van der Waals surface area contributed by atoms with Crippen LogP contribution < -0.4 is 0 Å². The van der Waals surface area contributed by atoms with Crippen molar-refractivity contribution in [1.82, 2.24) is 0 Å². The zero-order valence-electron chi connectivity index (χ0n) is 11.0. The summed E-state index contributed by atoms with van der Waals surface area (Å²) in [5, 5.41) is -0.122. The lowest BCUT2D eigenvalue weighted by Gasteiger charge is -2.17. The maximum Gasteiger partial charge on any atom is 0.0877 e. The molecule has 2 aromatic rings. The molecule has 0 aliphatic rings. The SMILES string of the molecule is CCOC[C@@H](c1ccccc1)[S@@](=O)c1ccccc1. The Morgan fingerprint density at radius 1 is 1.00 bits per heavy atom. The van der Waals surface area contributed by atoms with Crippen LogP contribution in [0.15, 0.2) is 65.6 Å². The van der Waals surface area contributed by atoms with Gasteiger partial charge in [-0.1, -0.05) is 48.5 Å². The van der Waals surface area contributed by atoms with Crippen LogP contribution in [0.2, 0.25) is 0 Å². The average molecular weight is 274 g/mol. The summed E-state index contributed by atoms with van der Waals surface area (Å²) in [6.45, 7) is 3.06. The minimum Gasteiger partial charge on any atom is -0.380 e. The van der Waals surface area contributed by atoms with Crippen molar-refractivity contribution in [1.29, 1.82) is 0 Å². The van der Waals surface area contributed by atoms with Gasteiger partial charge in [-0.25, -0.2) is 0 Å². The highest BCUT2D eigenvalue weighted by atomic mass is 32.2. The topological polar surface area (TPSA) is 26.3 Å². The number of hydrogen-bond donors (Lipinski definition) is 0. The van der Waals surface area contributed by atoms with Crippen LogP contribution in [0.25, 0.3) is 0 Å². The van der Waals surface area contributed by atoms with Crippen molar-refractivity contribution in [2.75, 3.05) is 13.2 Å². The van der Waals surface area contributed by atoms with E-state index in [2.05, 4.69) is 0 Å². The molecule has 2 atom stereocenters. The first-order valence-corrected chi connectivity index (χ1v) is 7.62. The molecule has 0 spiro atoms. The molecule has 0 unspecified atom stereocenters. The monoisotopic (exact) mass is 274 g/mol. The summed E-state index contributed by atoms with van der Waals surface area (Å²) >= 11 is 0. The molecule has 100 valence electrons. The molecular weight excluding hydrogens is 256 g/mol. The molecule has 2 rings (SSSR count). The van der Waals surface area contributed by atoms with Crippen LogP contribution in [0.5, 0.6) is 0 Å². The molecule has 0 aliphatic heterocycles. The van der Waals surface area contributed by atoms with E-state index in [0.29, 0.717) is 13.2 Å². The summed E-state index contributed by atoms with van der Waals surface area (Å²) in [7, 11) is -1.10. The van der Waals surface area contributed by atoms with E-state index < -0.39 is 10.8 Å². The summed E-state index contributed by atoms with van der Waals surface area (Å²) in [6.07, 6.45) is 0. The molecule has 0 saturated heterocycles. The van der Waals surface area contributed by atoms with Gasteiger partial charge in [-0.3, -0.25) is 4.21 Å². The van der Waals surface area contributed by atoms with Gasteiger partial charge in [0.25, 0.3) is 0 Å². The van der Waals surface area contributed by atoms with Gasteiger partial charge >= 0.3 is 0 Å². The Morgan fingerprint density at radius 3 is 2.16 bits per heavy atom. The molecule has 0 amide bonds. The van der Waals surface area contributed by atoms with Crippen LogP contribution in [-0.2, 0) is 15.5 Å². The summed E-state index contributed by atoms with van der Waals surface area (Å²) < 4.78 is 18.2. The largest absolute Gasteiger partial charge is 0.380 e. The standard InChI is InChI=1S/C16H18O2S/c1-2-18-13-16(14-9-5-3-6-10-14)19(17)15-11-7-4-8-12-15/h3-12,16H,2,13H2,1H3/t16-,19-/m0/s1. The van der Waals surface area contributed by atoms with Gasteiger partial charge in [0, 0.05) is 11.5 Å². The molecule has 2 aromatic carbocycles. The fourth-order valence-corrected chi connectivity index (χ4v) is 3.27. The summed E-state index contributed by atoms with van der Waals surface area (Å²) in [5.74, 6) is 0. The third-order valence-electron chi connectivity index (χ3n) is 2.88. The fourth-order valence-electron chi connectivity index (χ4n) is 1.89. The highest BCUT2D eigenvalue weighted by Crippen LogP contribution is 2.25. The lowest BCUT2D eigenvalue weighted by atomic mass is 10.1. The fraction of sp³-hybridized carbons (Fsp3) is 0.250. The van der Waals surface area contributed by atoms with Crippen molar-refractivity contribution in [3.63, 3.8) is 0 Å². The molecule has 0 fully saturated rings. The Balaban J connectivity index is 2.25. The number of ether oxygens (including phenoxy) is 1. The molecule has 0 saturated carbocycles. The van der Waals surface area contributed by atoms with E-state index in [1.807, 2.05) is 67.6 Å². The van der Waals surface area contributed by atoms with E-state index in [-0.39, 0.29) is 5.25 Å². The highest BCUT2D eigenvalue weighted by Gasteiger charge is 2.20. The number of benzene rings is 2. The van der Waals surface area contributed by atoms with Gasteiger partial charge in [0.05, 0.1) is 22.7 Å². The molecule has 0 heterocycles. The minimum absolute atomic E-state index is 0.122. The second kappa shape index (κ2) is 7.22. The molecule has 0 aliphatic carbocycles. The third-order valence-corrected chi connectivity index (χ3v) is 4.54. The maximum absolute atomic E-state index is 12.7. The van der Waals surface area contributed by atoms with E-state index in [4.69, 9.17) is 4.74 Å². The summed E-state index contributed by atoms with van der Waals surface area (Å²) in [4.78, 5) is 0.844. The van der Waals surface area contributed by atoms with Gasteiger partial charge in [0.15, 0.2) is 0 Å². The predicted molar refractivity (Wildman–Crippen MR) is 78.5 cm³/mol. The Morgan fingerprint density at radius 2 is 1.58 bits per heavy atom. The first-order chi connectivity index (χ1) is 9.33. The van der Waals surface area contributed by atoms with E-state index in [9.17, 15) is 4.21 Å². The molecule has 0 aromatic heterocycles. The Bertz CT molecular complexity index is 511. The summed E-state index contributed by atoms with van der Waals surface area (Å²) in [6, 6.07) is 19.5. The van der Waals surface area contributed by atoms with Gasteiger partial charge in [0.1, 0.15) is 0 Å². The Kier molecular flexibility index (Phi) is 5.31. The first kappa shape index (κ1) is 14.0. The highest BCUT2D eigenvalue weighted by molar-refractivity contribution is 7.85.